The van der Waals surface area contributed by atoms with E-state index >= 15 is 0 Å². The lowest BCUT2D eigenvalue weighted by Gasteiger charge is -2.19. The molecule has 0 aromatic heterocycles. The number of ether oxygens (including phenoxy) is 1. The third-order valence-electron chi connectivity index (χ3n) is 5.03. The van der Waals surface area contributed by atoms with Crippen LogP contribution in [0.4, 0.5) is 16.2 Å². The van der Waals surface area contributed by atoms with Gasteiger partial charge < -0.3 is 15.4 Å². The molecule has 0 spiro atoms. The minimum atomic E-state index is -3.73. The van der Waals surface area contributed by atoms with Gasteiger partial charge in [0.1, 0.15) is 5.75 Å². The lowest BCUT2D eigenvalue weighted by molar-refractivity contribution is 0.102. The fourth-order valence-corrected chi connectivity index (χ4v) is 4.89. The van der Waals surface area contributed by atoms with Gasteiger partial charge in [0.2, 0.25) is 10.0 Å². The lowest BCUT2D eigenvalue weighted by atomic mass is 10.1. The van der Waals surface area contributed by atoms with E-state index in [0.29, 0.717) is 37.6 Å². The highest BCUT2D eigenvalue weighted by molar-refractivity contribution is 7.89. The molecule has 1 fully saturated rings. The van der Waals surface area contributed by atoms with Crippen LogP contribution in [0, 0.1) is 0 Å². The first-order valence-corrected chi connectivity index (χ1v) is 11.4. The highest BCUT2D eigenvalue weighted by atomic mass is 32.2. The second kappa shape index (κ2) is 9.36. The number of carbonyl (C=O) groups excluding carboxylic acids is 2. The molecule has 0 atom stereocenters. The summed E-state index contributed by atoms with van der Waals surface area (Å²) in [4.78, 5) is 26.5. The van der Waals surface area contributed by atoms with Gasteiger partial charge in [-0.1, -0.05) is 19.9 Å². The Labute approximate surface area is 182 Å². The average Bonchev–Trinajstić information content (AvgIpc) is 3.20. The largest absolute Gasteiger partial charge is 0.496 e. The van der Waals surface area contributed by atoms with E-state index in [9.17, 15) is 18.0 Å². The molecule has 10 heteroatoms. The molecule has 3 rings (SSSR count). The number of anilines is 2. The fourth-order valence-electron chi connectivity index (χ4n) is 3.41. The van der Waals surface area contributed by atoms with Crippen molar-refractivity contribution in [1.82, 2.24) is 9.62 Å². The van der Waals surface area contributed by atoms with E-state index < -0.39 is 15.9 Å². The first kappa shape index (κ1) is 22.6. The minimum Gasteiger partial charge on any atom is -0.496 e. The number of hydrogen-bond acceptors (Lipinski definition) is 5. The van der Waals surface area contributed by atoms with E-state index in [0.717, 1.165) is 0 Å². The molecule has 1 heterocycles. The van der Waals surface area contributed by atoms with Gasteiger partial charge in [-0.25, -0.2) is 13.2 Å². The number of methoxy groups -OCH3 is 1. The summed E-state index contributed by atoms with van der Waals surface area (Å²) in [7, 11) is -2.32. The maximum Gasteiger partial charge on any atom is 0.321 e. The summed E-state index contributed by atoms with van der Waals surface area (Å²) >= 11 is 0. The van der Waals surface area contributed by atoms with Crippen LogP contribution in [0.3, 0.4) is 0 Å². The van der Waals surface area contributed by atoms with Crippen molar-refractivity contribution in [3.8, 4) is 5.75 Å². The molecule has 9 nitrogen and oxygen atoms in total. The van der Waals surface area contributed by atoms with Gasteiger partial charge in [0, 0.05) is 37.6 Å². The summed E-state index contributed by atoms with van der Waals surface area (Å²) in [5.41, 5.74) is 1.22. The summed E-state index contributed by atoms with van der Waals surface area (Å²) in [5.74, 6) is -0.262. The molecule has 1 aliphatic heterocycles. The standard InChI is InChI=1S/C21H26N4O5S/c1-4-24(5-2)31(28,29)17-9-10-19(30-3)18(14-17)20(26)23-15-7-6-8-16(13-15)25-12-11-22-21(25)27/h6-10,13-14H,4-5,11-12H2,1-3H3,(H,22,27)(H,23,26). The minimum absolute atomic E-state index is 0.0182. The summed E-state index contributed by atoms with van der Waals surface area (Å²) < 4.78 is 32.3. The van der Waals surface area contributed by atoms with Crippen molar-refractivity contribution in [3.63, 3.8) is 0 Å². The van der Waals surface area contributed by atoms with Crippen molar-refractivity contribution < 1.29 is 22.7 Å². The first-order valence-electron chi connectivity index (χ1n) is 9.96. The number of benzene rings is 2. The smallest absolute Gasteiger partial charge is 0.321 e. The Morgan fingerprint density at radius 3 is 2.55 bits per heavy atom. The maximum absolute atomic E-state index is 13.0. The summed E-state index contributed by atoms with van der Waals surface area (Å²) in [6, 6.07) is 10.9. The number of amides is 3. The number of nitrogens with one attached hydrogen (secondary N) is 2. The molecule has 2 N–H and O–H groups in total. The normalized spacial score (nSPS) is 13.9. The van der Waals surface area contributed by atoms with Gasteiger partial charge in [0.05, 0.1) is 17.6 Å². The zero-order valence-electron chi connectivity index (χ0n) is 17.7. The van der Waals surface area contributed by atoms with Gasteiger partial charge in [-0.15, -0.1) is 0 Å². The first-order chi connectivity index (χ1) is 14.8. The highest BCUT2D eigenvalue weighted by Gasteiger charge is 2.25. The molecule has 1 saturated heterocycles. The Morgan fingerprint density at radius 2 is 1.94 bits per heavy atom. The average molecular weight is 447 g/mol. The van der Waals surface area contributed by atoms with Crippen molar-refractivity contribution in [1.29, 1.82) is 0 Å². The topological polar surface area (TPSA) is 108 Å². The van der Waals surface area contributed by atoms with Crippen molar-refractivity contribution in [3.05, 3.63) is 48.0 Å². The Hall–Kier alpha value is -3.11. The monoisotopic (exact) mass is 446 g/mol. The molecule has 0 saturated carbocycles. The van der Waals surface area contributed by atoms with Crippen LogP contribution < -0.4 is 20.3 Å². The third kappa shape index (κ3) is 4.64. The van der Waals surface area contributed by atoms with Gasteiger partial charge in [0.15, 0.2) is 0 Å². The van der Waals surface area contributed by atoms with Crippen molar-refractivity contribution in [2.45, 2.75) is 18.7 Å². The molecule has 0 aliphatic carbocycles. The molecule has 1 aliphatic rings. The van der Waals surface area contributed by atoms with Crippen LogP contribution >= 0.6 is 0 Å². The molecular weight excluding hydrogens is 420 g/mol. The summed E-state index contributed by atoms with van der Waals surface area (Å²) in [6.07, 6.45) is 0. The number of hydrogen-bond donors (Lipinski definition) is 2. The third-order valence-corrected chi connectivity index (χ3v) is 7.08. The number of carbonyl (C=O) groups is 2. The van der Waals surface area contributed by atoms with Crippen LogP contribution in [0.1, 0.15) is 24.2 Å². The van der Waals surface area contributed by atoms with Crippen LogP contribution in [0.2, 0.25) is 0 Å². The van der Waals surface area contributed by atoms with Crippen LogP contribution in [0.25, 0.3) is 0 Å². The molecule has 3 amide bonds. The number of sulfonamides is 1. The van der Waals surface area contributed by atoms with Gasteiger partial charge in [-0.3, -0.25) is 9.69 Å². The van der Waals surface area contributed by atoms with E-state index in [4.69, 9.17) is 4.74 Å². The van der Waals surface area contributed by atoms with Crippen molar-refractivity contribution in [2.75, 3.05) is 43.5 Å². The maximum atomic E-state index is 13.0. The molecule has 166 valence electrons. The molecule has 0 unspecified atom stereocenters. The molecule has 0 bridgehead atoms. The van der Waals surface area contributed by atoms with Gasteiger partial charge in [0.25, 0.3) is 5.91 Å². The van der Waals surface area contributed by atoms with Crippen LogP contribution in [-0.2, 0) is 10.0 Å². The predicted octanol–water partition coefficient (Wildman–Crippen LogP) is 2.51. The van der Waals surface area contributed by atoms with E-state index in [1.807, 2.05) is 0 Å². The molecular formula is C21H26N4O5S. The Kier molecular flexibility index (Phi) is 6.81. The Balaban J connectivity index is 1.90. The quantitative estimate of drug-likeness (QED) is 0.648. The SMILES string of the molecule is CCN(CC)S(=O)(=O)c1ccc(OC)c(C(=O)Nc2cccc(N3CCNC3=O)c2)c1. The lowest BCUT2D eigenvalue weighted by Crippen LogP contribution is -2.30. The highest BCUT2D eigenvalue weighted by Crippen LogP contribution is 2.27. The van der Waals surface area contributed by atoms with Gasteiger partial charge in [-0.2, -0.15) is 4.31 Å². The molecule has 2 aromatic rings. The van der Waals surface area contributed by atoms with Crippen molar-refractivity contribution >= 4 is 33.3 Å². The fraction of sp³-hybridized carbons (Fsp3) is 0.333. The van der Waals surface area contributed by atoms with Crippen molar-refractivity contribution in [2.24, 2.45) is 0 Å². The van der Waals surface area contributed by atoms with E-state index in [2.05, 4.69) is 10.6 Å². The Morgan fingerprint density at radius 1 is 1.19 bits per heavy atom. The summed E-state index contributed by atoms with van der Waals surface area (Å²) in [5, 5.41) is 5.49. The van der Waals surface area contributed by atoms with Crippen LogP contribution in [0.5, 0.6) is 5.75 Å². The number of rotatable bonds is 8. The van der Waals surface area contributed by atoms with Gasteiger partial charge in [-0.05, 0) is 36.4 Å². The zero-order valence-corrected chi connectivity index (χ0v) is 18.5. The van der Waals surface area contributed by atoms with E-state index in [-0.39, 0.29) is 22.2 Å². The Bertz CT molecular complexity index is 1080. The number of urea groups is 1. The zero-order chi connectivity index (χ0) is 22.6. The predicted molar refractivity (Wildman–Crippen MR) is 118 cm³/mol. The van der Waals surface area contributed by atoms with E-state index in [1.54, 1.807) is 43.0 Å². The van der Waals surface area contributed by atoms with Gasteiger partial charge >= 0.3 is 6.03 Å². The second-order valence-corrected chi connectivity index (χ2v) is 8.78. The molecule has 31 heavy (non-hydrogen) atoms. The summed E-state index contributed by atoms with van der Waals surface area (Å²) in [6.45, 7) is 5.25. The number of nitrogens with zero attached hydrogens (tertiary/aromatic N) is 2. The second-order valence-electron chi connectivity index (χ2n) is 6.84. The van der Waals surface area contributed by atoms with E-state index in [1.165, 1.54) is 29.6 Å². The van der Waals surface area contributed by atoms with Crippen LogP contribution in [-0.4, -0.2) is 58.0 Å². The molecule has 2 aromatic carbocycles. The van der Waals surface area contributed by atoms with Crippen LogP contribution in [0.15, 0.2) is 47.4 Å². The molecule has 0 radical (unpaired) electrons.